The molecule has 2 heteroatoms. The maximum atomic E-state index is 11.8. The first-order valence-corrected chi connectivity index (χ1v) is 4.91. The third-order valence-electron chi connectivity index (χ3n) is 3.48. The zero-order valence-electron chi connectivity index (χ0n) is 7.88. The average molecular weight is 178 g/mol. The van der Waals surface area contributed by atoms with Gasteiger partial charge in [-0.2, -0.15) is 0 Å². The summed E-state index contributed by atoms with van der Waals surface area (Å²) in [5, 5.41) is 0. The Bertz CT molecular complexity index is 290. The van der Waals surface area contributed by atoms with E-state index in [1.165, 1.54) is 0 Å². The fraction of sp³-hybridized carbons (Fsp3) is 0.636. The van der Waals surface area contributed by atoms with Crippen LogP contribution in [-0.4, -0.2) is 11.6 Å². The number of Topliss-reactive ketones (excluding diaryl/α,β-unsaturated/α-hetero) is 2. The van der Waals surface area contributed by atoms with E-state index in [-0.39, 0.29) is 17.5 Å². The zero-order valence-corrected chi connectivity index (χ0v) is 7.88. The molecule has 13 heavy (non-hydrogen) atoms. The third kappa shape index (κ3) is 1.01. The molecule has 0 saturated heterocycles. The van der Waals surface area contributed by atoms with Gasteiger partial charge in [0.2, 0.25) is 0 Å². The largest absolute Gasteiger partial charge is 0.299 e. The first-order valence-electron chi connectivity index (χ1n) is 4.91. The summed E-state index contributed by atoms with van der Waals surface area (Å²) in [4.78, 5) is 23.5. The maximum Gasteiger partial charge on any atom is 0.150 e. The second kappa shape index (κ2) is 2.79. The Morgan fingerprint density at radius 3 is 2.69 bits per heavy atom. The summed E-state index contributed by atoms with van der Waals surface area (Å²) in [5.41, 5.74) is -0.616. The van der Waals surface area contributed by atoms with Crippen LogP contribution in [0.2, 0.25) is 0 Å². The van der Waals surface area contributed by atoms with Gasteiger partial charge in [-0.1, -0.05) is 19.1 Å². The molecule has 0 bridgehead atoms. The van der Waals surface area contributed by atoms with Crippen molar-refractivity contribution in [1.29, 1.82) is 0 Å². The molecule has 2 nitrogen and oxygen atoms in total. The van der Waals surface area contributed by atoms with Crippen molar-refractivity contribution in [3.8, 4) is 0 Å². The monoisotopic (exact) mass is 178 g/mol. The fourth-order valence-corrected chi connectivity index (χ4v) is 2.65. The van der Waals surface area contributed by atoms with E-state index < -0.39 is 5.41 Å². The predicted molar refractivity (Wildman–Crippen MR) is 49.2 cm³/mol. The number of carbonyl (C=O) groups excluding carboxylic acids is 2. The lowest BCUT2D eigenvalue weighted by atomic mass is 9.67. The Balaban J connectivity index is 2.43. The number of hydrogen-bond donors (Lipinski definition) is 0. The zero-order chi connectivity index (χ0) is 9.47. The van der Waals surface area contributed by atoms with Crippen LogP contribution in [-0.2, 0) is 9.59 Å². The van der Waals surface area contributed by atoms with E-state index in [9.17, 15) is 9.59 Å². The highest BCUT2D eigenvalue weighted by molar-refractivity contribution is 6.09. The van der Waals surface area contributed by atoms with Crippen LogP contribution < -0.4 is 0 Å². The van der Waals surface area contributed by atoms with Crippen molar-refractivity contribution in [2.24, 2.45) is 11.3 Å². The van der Waals surface area contributed by atoms with Crippen LogP contribution in [0, 0.1) is 11.3 Å². The molecule has 0 aromatic rings. The summed E-state index contributed by atoms with van der Waals surface area (Å²) in [5.74, 6) is 0.433. The van der Waals surface area contributed by atoms with Crippen LogP contribution in [0.3, 0.4) is 0 Å². The lowest BCUT2D eigenvalue weighted by Gasteiger charge is -2.32. The van der Waals surface area contributed by atoms with Crippen molar-refractivity contribution < 1.29 is 9.59 Å². The molecule has 0 radical (unpaired) electrons. The quantitative estimate of drug-likeness (QED) is 0.419. The molecule has 0 aromatic heterocycles. The molecule has 1 spiro atoms. The first-order chi connectivity index (χ1) is 6.18. The molecule has 1 saturated carbocycles. The molecule has 0 unspecified atom stereocenters. The van der Waals surface area contributed by atoms with Gasteiger partial charge in [-0.15, -0.1) is 0 Å². The Morgan fingerprint density at radius 2 is 2.15 bits per heavy atom. The van der Waals surface area contributed by atoms with E-state index in [1.54, 1.807) is 0 Å². The Morgan fingerprint density at radius 1 is 1.38 bits per heavy atom. The van der Waals surface area contributed by atoms with Gasteiger partial charge in [-0.05, 0) is 18.8 Å². The molecule has 0 N–H and O–H groups in total. The van der Waals surface area contributed by atoms with Crippen LogP contribution in [0.5, 0.6) is 0 Å². The molecule has 0 amide bonds. The van der Waals surface area contributed by atoms with E-state index in [1.807, 2.05) is 19.1 Å². The number of ketones is 2. The minimum absolute atomic E-state index is 0.115. The standard InChI is InChI=1S/C11H14O2/c1-8-4-2-5-9(12)11(8)7-3-6-10(11)13/h2,4,8H,3,5-7H2,1H3/t8-,11-/m1/s1. The van der Waals surface area contributed by atoms with Crippen LogP contribution >= 0.6 is 0 Å². The van der Waals surface area contributed by atoms with Crippen LogP contribution in [0.25, 0.3) is 0 Å². The van der Waals surface area contributed by atoms with Gasteiger partial charge in [0.15, 0.2) is 5.78 Å². The van der Waals surface area contributed by atoms with Crippen LogP contribution in [0.1, 0.15) is 32.6 Å². The molecular formula is C11H14O2. The summed E-state index contributed by atoms with van der Waals surface area (Å²) in [6.07, 6.45) is 6.63. The highest BCUT2D eigenvalue weighted by Gasteiger charge is 2.51. The summed E-state index contributed by atoms with van der Waals surface area (Å²) < 4.78 is 0. The molecule has 0 aromatic carbocycles. The highest BCUT2D eigenvalue weighted by Crippen LogP contribution is 2.45. The van der Waals surface area contributed by atoms with Crippen molar-refractivity contribution in [2.45, 2.75) is 32.6 Å². The highest BCUT2D eigenvalue weighted by atomic mass is 16.2. The Hall–Kier alpha value is -0.920. The van der Waals surface area contributed by atoms with Gasteiger partial charge in [-0.3, -0.25) is 9.59 Å². The third-order valence-corrected chi connectivity index (χ3v) is 3.48. The number of carbonyl (C=O) groups is 2. The van der Waals surface area contributed by atoms with Gasteiger partial charge >= 0.3 is 0 Å². The maximum absolute atomic E-state index is 11.8. The summed E-state index contributed by atoms with van der Waals surface area (Å²) >= 11 is 0. The molecule has 0 aliphatic heterocycles. The molecule has 70 valence electrons. The van der Waals surface area contributed by atoms with E-state index in [0.717, 1.165) is 12.8 Å². The second-order valence-corrected chi connectivity index (χ2v) is 4.09. The minimum atomic E-state index is -0.616. The van der Waals surface area contributed by atoms with Gasteiger partial charge in [0.1, 0.15) is 5.78 Å². The number of hydrogen-bond acceptors (Lipinski definition) is 2. The second-order valence-electron chi connectivity index (χ2n) is 4.09. The van der Waals surface area contributed by atoms with Gasteiger partial charge < -0.3 is 0 Å². The average Bonchev–Trinajstić information content (AvgIpc) is 2.45. The summed E-state index contributed by atoms with van der Waals surface area (Å²) in [6.45, 7) is 1.98. The van der Waals surface area contributed by atoms with E-state index in [4.69, 9.17) is 0 Å². The van der Waals surface area contributed by atoms with E-state index >= 15 is 0 Å². The summed E-state index contributed by atoms with van der Waals surface area (Å²) in [6, 6.07) is 0. The van der Waals surface area contributed by atoms with E-state index in [2.05, 4.69) is 0 Å². The minimum Gasteiger partial charge on any atom is -0.299 e. The SMILES string of the molecule is C[C@@H]1C=CCC(=O)[C@@]12CCCC2=O. The predicted octanol–water partition coefficient (Wildman–Crippen LogP) is 1.89. The normalized spacial score (nSPS) is 39.0. The lowest BCUT2D eigenvalue weighted by Crippen LogP contribution is -2.42. The van der Waals surface area contributed by atoms with Crippen molar-refractivity contribution in [2.75, 3.05) is 0 Å². The van der Waals surface area contributed by atoms with Crippen LogP contribution in [0.15, 0.2) is 12.2 Å². The summed E-state index contributed by atoms with van der Waals surface area (Å²) in [7, 11) is 0. The molecular weight excluding hydrogens is 164 g/mol. The molecule has 2 aliphatic carbocycles. The van der Waals surface area contributed by atoms with Gasteiger partial charge in [0.25, 0.3) is 0 Å². The molecule has 2 rings (SSSR count). The van der Waals surface area contributed by atoms with Crippen molar-refractivity contribution in [3.63, 3.8) is 0 Å². The van der Waals surface area contributed by atoms with Gasteiger partial charge in [0, 0.05) is 12.8 Å². The first kappa shape index (κ1) is 8.67. The number of allylic oxidation sites excluding steroid dienone is 2. The molecule has 1 fully saturated rings. The smallest absolute Gasteiger partial charge is 0.150 e. The molecule has 2 atom stereocenters. The Labute approximate surface area is 78.0 Å². The van der Waals surface area contributed by atoms with E-state index in [0.29, 0.717) is 12.8 Å². The lowest BCUT2D eigenvalue weighted by molar-refractivity contribution is -0.140. The Kier molecular flexibility index (Phi) is 1.86. The van der Waals surface area contributed by atoms with Gasteiger partial charge in [-0.25, -0.2) is 0 Å². The van der Waals surface area contributed by atoms with Crippen LogP contribution in [0.4, 0.5) is 0 Å². The molecule has 0 heterocycles. The van der Waals surface area contributed by atoms with Crippen molar-refractivity contribution >= 4 is 11.6 Å². The molecule has 2 aliphatic rings. The van der Waals surface area contributed by atoms with Gasteiger partial charge in [0.05, 0.1) is 5.41 Å². The topological polar surface area (TPSA) is 34.1 Å². The number of rotatable bonds is 0. The fourth-order valence-electron chi connectivity index (χ4n) is 2.65. The van der Waals surface area contributed by atoms with Crippen molar-refractivity contribution in [1.82, 2.24) is 0 Å². The van der Waals surface area contributed by atoms with Crippen molar-refractivity contribution in [3.05, 3.63) is 12.2 Å².